The minimum Gasteiger partial charge on any atom is -0.458 e. The predicted molar refractivity (Wildman–Crippen MR) is 102 cm³/mol. The molecule has 0 amide bonds. The summed E-state index contributed by atoms with van der Waals surface area (Å²) in [6.07, 6.45) is 10.8. The SMILES string of the molecule is C[C@@]12CC[C@H](O)C[C@@H]1CC[C@H]1[C@@H]2CC[C@]2(C)[C@H](C3=CC(=O)OC3)CC[C@]12O. The molecule has 4 saturated carbocycles. The van der Waals surface area contributed by atoms with Gasteiger partial charge in [-0.2, -0.15) is 0 Å². The van der Waals surface area contributed by atoms with Crippen LogP contribution in [0.4, 0.5) is 0 Å². The zero-order chi connectivity index (χ0) is 19.0. The van der Waals surface area contributed by atoms with Gasteiger partial charge in [0.05, 0.1) is 11.7 Å². The average molecular weight is 375 g/mol. The third kappa shape index (κ3) is 2.32. The predicted octanol–water partition coefficient (Wildman–Crippen LogP) is 3.60. The maximum absolute atomic E-state index is 12.1. The monoisotopic (exact) mass is 374 g/mol. The van der Waals surface area contributed by atoms with Crippen molar-refractivity contribution < 1.29 is 19.7 Å². The molecule has 0 aromatic heterocycles. The van der Waals surface area contributed by atoms with E-state index in [1.165, 1.54) is 6.42 Å². The summed E-state index contributed by atoms with van der Waals surface area (Å²) < 4.78 is 5.20. The summed E-state index contributed by atoms with van der Waals surface area (Å²) in [6, 6.07) is 0. The molecular formula is C23H34O4. The molecule has 4 heteroatoms. The fourth-order valence-electron chi connectivity index (χ4n) is 8.39. The molecule has 27 heavy (non-hydrogen) atoms. The molecule has 2 N–H and O–H groups in total. The number of cyclic esters (lactones) is 1. The first kappa shape index (κ1) is 18.2. The summed E-state index contributed by atoms with van der Waals surface area (Å²) in [7, 11) is 0. The Hall–Kier alpha value is -0.870. The molecule has 5 rings (SSSR count). The van der Waals surface area contributed by atoms with Gasteiger partial charge in [-0.15, -0.1) is 0 Å². The summed E-state index contributed by atoms with van der Waals surface area (Å²) >= 11 is 0. The molecule has 1 heterocycles. The van der Waals surface area contributed by atoms with E-state index in [-0.39, 0.29) is 28.8 Å². The average Bonchev–Trinajstić information content (AvgIpc) is 3.16. The van der Waals surface area contributed by atoms with Crippen LogP contribution in [0.2, 0.25) is 0 Å². The largest absolute Gasteiger partial charge is 0.458 e. The van der Waals surface area contributed by atoms with E-state index in [1.807, 2.05) is 0 Å². The Morgan fingerprint density at radius 2 is 1.85 bits per heavy atom. The molecule has 1 aliphatic heterocycles. The highest BCUT2D eigenvalue weighted by molar-refractivity contribution is 5.85. The van der Waals surface area contributed by atoms with Crippen LogP contribution in [-0.2, 0) is 9.53 Å². The van der Waals surface area contributed by atoms with Crippen LogP contribution in [0.3, 0.4) is 0 Å². The van der Waals surface area contributed by atoms with E-state index >= 15 is 0 Å². The van der Waals surface area contributed by atoms with Gasteiger partial charge in [0, 0.05) is 11.5 Å². The van der Waals surface area contributed by atoms with Crippen LogP contribution in [0.5, 0.6) is 0 Å². The highest BCUT2D eigenvalue weighted by Gasteiger charge is 2.67. The molecule has 0 saturated heterocycles. The van der Waals surface area contributed by atoms with Crippen LogP contribution in [0.25, 0.3) is 0 Å². The van der Waals surface area contributed by atoms with Crippen molar-refractivity contribution in [1.29, 1.82) is 0 Å². The number of aliphatic hydroxyl groups excluding tert-OH is 1. The fraction of sp³-hybridized carbons (Fsp3) is 0.870. The number of hydrogen-bond donors (Lipinski definition) is 2. The topological polar surface area (TPSA) is 66.8 Å². The first-order valence-electron chi connectivity index (χ1n) is 11.1. The van der Waals surface area contributed by atoms with Crippen molar-refractivity contribution in [3.63, 3.8) is 0 Å². The summed E-state index contributed by atoms with van der Waals surface area (Å²) in [5, 5.41) is 22.3. The number of hydrogen-bond acceptors (Lipinski definition) is 4. The lowest BCUT2D eigenvalue weighted by Crippen LogP contribution is -2.62. The van der Waals surface area contributed by atoms with Crippen LogP contribution in [0.15, 0.2) is 11.6 Å². The molecule has 4 nitrogen and oxygen atoms in total. The van der Waals surface area contributed by atoms with Crippen molar-refractivity contribution in [2.24, 2.45) is 34.5 Å². The van der Waals surface area contributed by atoms with E-state index in [4.69, 9.17) is 4.74 Å². The summed E-state index contributed by atoms with van der Waals surface area (Å²) in [5.74, 6) is 1.59. The Morgan fingerprint density at radius 1 is 1.04 bits per heavy atom. The first-order chi connectivity index (χ1) is 12.8. The minimum absolute atomic E-state index is 0.126. The van der Waals surface area contributed by atoms with E-state index in [0.717, 1.165) is 56.9 Å². The Morgan fingerprint density at radius 3 is 2.59 bits per heavy atom. The number of esters is 1. The summed E-state index contributed by atoms with van der Waals surface area (Å²) in [5.41, 5.74) is 0.600. The van der Waals surface area contributed by atoms with Crippen LogP contribution in [-0.4, -0.2) is 34.5 Å². The van der Waals surface area contributed by atoms with Gasteiger partial charge in [0.25, 0.3) is 0 Å². The van der Waals surface area contributed by atoms with E-state index in [9.17, 15) is 15.0 Å². The lowest BCUT2D eigenvalue weighted by atomic mass is 9.43. The second kappa shape index (κ2) is 5.82. The third-order valence-electron chi connectivity index (χ3n) is 9.96. The van der Waals surface area contributed by atoms with Gasteiger partial charge in [0.2, 0.25) is 0 Å². The Labute approximate surface area is 162 Å². The van der Waals surface area contributed by atoms with Crippen molar-refractivity contribution in [3.8, 4) is 0 Å². The van der Waals surface area contributed by atoms with Crippen molar-refractivity contribution in [1.82, 2.24) is 0 Å². The molecular weight excluding hydrogens is 340 g/mol. The smallest absolute Gasteiger partial charge is 0.331 e. The van der Waals surface area contributed by atoms with E-state index in [0.29, 0.717) is 24.4 Å². The zero-order valence-corrected chi connectivity index (χ0v) is 16.7. The van der Waals surface area contributed by atoms with Gasteiger partial charge in [0.1, 0.15) is 6.61 Å². The molecule has 0 aromatic carbocycles. The molecule has 0 aromatic rings. The molecule has 4 aliphatic carbocycles. The van der Waals surface area contributed by atoms with Crippen molar-refractivity contribution in [3.05, 3.63) is 11.6 Å². The van der Waals surface area contributed by atoms with Crippen molar-refractivity contribution in [2.45, 2.75) is 83.3 Å². The highest BCUT2D eigenvalue weighted by atomic mass is 16.5. The summed E-state index contributed by atoms with van der Waals surface area (Å²) in [4.78, 5) is 11.6. The molecule has 5 aliphatic rings. The molecule has 4 fully saturated rings. The van der Waals surface area contributed by atoms with Crippen LogP contribution in [0.1, 0.15) is 71.6 Å². The van der Waals surface area contributed by atoms with E-state index < -0.39 is 5.60 Å². The molecule has 0 radical (unpaired) electrons. The molecule has 0 bridgehead atoms. The number of rotatable bonds is 1. The van der Waals surface area contributed by atoms with Gasteiger partial charge < -0.3 is 14.9 Å². The summed E-state index contributed by atoms with van der Waals surface area (Å²) in [6.45, 7) is 5.15. The Balaban J connectivity index is 1.47. The molecule has 8 atom stereocenters. The molecule has 0 spiro atoms. The maximum Gasteiger partial charge on any atom is 0.331 e. The normalized spacial score (nSPS) is 54.6. The number of ether oxygens (including phenoxy) is 1. The van der Waals surface area contributed by atoms with Crippen LogP contribution < -0.4 is 0 Å². The van der Waals surface area contributed by atoms with Crippen LogP contribution >= 0.6 is 0 Å². The van der Waals surface area contributed by atoms with Gasteiger partial charge in [-0.25, -0.2) is 4.79 Å². The van der Waals surface area contributed by atoms with Gasteiger partial charge in [-0.1, -0.05) is 13.8 Å². The quantitative estimate of drug-likeness (QED) is 0.688. The van der Waals surface area contributed by atoms with Gasteiger partial charge in [-0.05, 0) is 92.4 Å². The number of carbonyl (C=O) groups excluding carboxylic acids is 1. The van der Waals surface area contributed by atoms with Crippen LogP contribution in [0, 0.1) is 34.5 Å². The first-order valence-corrected chi connectivity index (χ1v) is 11.1. The van der Waals surface area contributed by atoms with Gasteiger partial charge in [-0.3, -0.25) is 0 Å². The standard InChI is InChI=1S/C23H34O4/c1-21-8-5-16(24)12-15(21)3-4-19-18(21)6-9-22(2)17(7-10-23(19,22)26)14-11-20(25)27-13-14/h11,15-19,24,26H,3-10,12-13H2,1-2H3/t15-,16-,17-,18-,19-,21+,22+,23-/m0/s1. The third-order valence-corrected chi connectivity index (χ3v) is 9.96. The van der Waals surface area contributed by atoms with E-state index in [2.05, 4.69) is 13.8 Å². The lowest BCUT2D eigenvalue weighted by molar-refractivity contribution is -0.208. The molecule has 150 valence electrons. The second-order valence-corrected chi connectivity index (χ2v) is 10.7. The Kier molecular flexibility index (Phi) is 3.92. The van der Waals surface area contributed by atoms with Gasteiger partial charge in [0.15, 0.2) is 0 Å². The van der Waals surface area contributed by atoms with Crippen molar-refractivity contribution >= 4 is 5.97 Å². The number of fused-ring (bicyclic) bond motifs is 5. The minimum atomic E-state index is -0.628. The number of carbonyl (C=O) groups is 1. The fourth-order valence-corrected chi connectivity index (χ4v) is 8.39. The van der Waals surface area contributed by atoms with Gasteiger partial charge >= 0.3 is 5.97 Å². The maximum atomic E-state index is 12.1. The van der Waals surface area contributed by atoms with E-state index in [1.54, 1.807) is 6.08 Å². The van der Waals surface area contributed by atoms with Crippen molar-refractivity contribution in [2.75, 3.05) is 6.61 Å². The zero-order valence-electron chi connectivity index (χ0n) is 16.7. The molecule has 0 unspecified atom stereocenters. The lowest BCUT2D eigenvalue weighted by Gasteiger charge is -2.63. The Bertz CT molecular complexity index is 686. The second-order valence-electron chi connectivity index (χ2n) is 10.7. The highest BCUT2D eigenvalue weighted by Crippen LogP contribution is 2.69. The number of aliphatic hydroxyl groups is 2.